The lowest BCUT2D eigenvalue weighted by Gasteiger charge is -2.28. The predicted molar refractivity (Wildman–Crippen MR) is 62.8 cm³/mol. The zero-order valence-corrected chi connectivity index (χ0v) is 10.2. The van der Waals surface area contributed by atoms with Crippen LogP contribution in [0.3, 0.4) is 0 Å². The highest BCUT2D eigenvalue weighted by Crippen LogP contribution is 2.33. The summed E-state index contributed by atoms with van der Waals surface area (Å²) in [6, 6.07) is 0.0337. The van der Waals surface area contributed by atoms with E-state index >= 15 is 0 Å². The lowest BCUT2D eigenvalue weighted by atomic mass is 9.88. The first-order valence-corrected chi connectivity index (χ1v) is 6.62. The Morgan fingerprint density at radius 2 is 2.00 bits per heavy atom. The first-order chi connectivity index (χ1) is 7.66. The Bertz CT molecular complexity index is 250. The van der Waals surface area contributed by atoms with Gasteiger partial charge in [0.05, 0.1) is 6.42 Å². The van der Waals surface area contributed by atoms with Crippen LogP contribution in [0.25, 0.3) is 0 Å². The lowest BCUT2D eigenvalue weighted by Crippen LogP contribution is -2.32. The molecule has 2 rings (SSSR count). The van der Waals surface area contributed by atoms with Crippen molar-refractivity contribution in [3.8, 4) is 0 Å². The van der Waals surface area contributed by atoms with Crippen LogP contribution in [-0.2, 0) is 9.53 Å². The fraction of sp³-hybridized carbons (Fsp3) is 0.923. The predicted octanol–water partition coefficient (Wildman–Crippen LogP) is 2.24. The van der Waals surface area contributed by atoms with Crippen molar-refractivity contribution >= 4 is 5.97 Å². The molecular formula is C13H23NO2. The van der Waals surface area contributed by atoms with Crippen LogP contribution in [0.2, 0.25) is 0 Å². The highest BCUT2D eigenvalue weighted by atomic mass is 16.5. The van der Waals surface area contributed by atoms with Crippen molar-refractivity contribution in [2.24, 2.45) is 17.6 Å². The summed E-state index contributed by atoms with van der Waals surface area (Å²) in [6.45, 7) is 2.18. The maximum atomic E-state index is 11.7. The second kappa shape index (κ2) is 5.17. The molecule has 0 aromatic heterocycles. The molecule has 16 heavy (non-hydrogen) atoms. The van der Waals surface area contributed by atoms with Crippen LogP contribution in [0.5, 0.6) is 0 Å². The number of hydrogen-bond acceptors (Lipinski definition) is 3. The van der Waals surface area contributed by atoms with Gasteiger partial charge in [0.1, 0.15) is 6.10 Å². The molecule has 0 radical (unpaired) electrons. The minimum atomic E-state index is -0.0850. The molecule has 0 heterocycles. The summed E-state index contributed by atoms with van der Waals surface area (Å²) in [7, 11) is 0. The second-order valence-electron chi connectivity index (χ2n) is 5.50. The largest absolute Gasteiger partial charge is 0.462 e. The molecule has 0 aliphatic heterocycles. The average molecular weight is 225 g/mol. The van der Waals surface area contributed by atoms with E-state index in [0.717, 1.165) is 6.42 Å². The van der Waals surface area contributed by atoms with Crippen molar-refractivity contribution in [3.63, 3.8) is 0 Å². The maximum absolute atomic E-state index is 11.7. The molecule has 2 aliphatic carbocycles. The van der Waals surface area contributed by atoms with Gasteiger partial charge in [-0.2, -0.15) is 0 Å². The molecular weight excluding hydrogens is 202 g/mol. The molecule has 0 aromatic carbocycles. The second-order valence-corrected chi connectivity index (χ2v) is 5.50. The number of nitrogens with two attached hydrogens (primary N) is 1. The molecule has 0 spiro atoms. The molecule has 3 atom stereocenters. The molecule has 0 amide bonds. The van der Waals surface area contributed by atoms with E-state index in [9.17, 15) is 4.79 Å². The third-order valence-corrected chi connectivity index (χ3v) is 3.95. The van der Waals surface area contributed by atoms with Gasteiger partial charge < -0.3 is 10.5 Å². The van der Waals surface area contributed by atoms with Gasteiger partial charge in [0.25, 0.3) is 0 Å². The van der Waals surface area contributed by atoms with Gasteiger partial charge in [-0.05, 0) is 43.9 Å². The van der Waals surface area contributed by atoms with Crippen LogP contribution in [-0.4, -0.2) is 18.1 Å². The molecule has 3 nitrogen and oxygen atoms in total. The molecule has 0 aromatic rings. The van der Waals surface area contributed by atoms with Gasteiger partial charge >= 0.3 is 5.97 Å². The molecule has 0 saturated heterocycles. The molecule has 0 bridgehead atoms. The van der Waals surface area contributed by atoms with E-state index in [2.05, 4.69) is 6.92 Å². The van der Waals surface area contributed by atoms with E-state index in [0.29, 0.717) is 18.3 Å². The van der Waals surface area contributed by atoms with Gasteiger partial charge in [-0.25, -0.2) is 0 Å². The van der Waals surface area contributed by atoms with E-state index in [1.807, 2.05) is 0 Å². The number of carbonyl (C=O) groups is 1. The Morgan fingerprint density at radius 3 is 2.62 bits per heavy atom. The highest BCUT2D eigenvalue weighted by Gasteiger charge is 2.31. The SMILES string of the molecule is CC1CCCCC1OC(=O)CC(N)C1CC1. The number of carbonyl (C=O) groups excluding carboxylic acids is 1. The van der Waals surface area contributed by atoms with Gasteiger partial charge in [-0.1, -0.05) is 13.3 Å². The first-order valence-electron chi connectivity index (χ1n) is 6.62. The van der Waals surface area contributed by atoms with Crippen LogP contribution in [0.4, 0.5) is 0 Å². The molecule has 2 N–H and O–H groups in total. The molecule has 2 aliphatic rings. The summed E-state index contributed by atoms with van der Waals surface area (Å²) >= 11 is 0. The van der Waals surface area contributed by atoms with E-state index < -0.39 is 0 Å². The quantitative estimate of drug-likeness (QED) is 0.746. The summed E-state index contributed by atoms with van der Waals surface area (Å²) in [4.78, 5) is 11.7. The monoisotopic (exact) mass is 225 g/mol. The zero-order chi connectivity index (χ0) is 11.5. The number of ether oxygens (including phenoxy) is 1. The van der Waals surface area contributed by atoms with E-state index in [1.54, 1.807) is 0 Å². The third kappa shape index (κ3) is 3.21. The fourth-order valence-corrected chi connectivity index (χ4v) is 2.56. The van der Waals surface area contributed by atoms with Gasteiger partial charge in [0, 0.05) is 6.04 Å². The van der Waals surface area contributed by atoms with Crippen molar-refractivity contribution < 1.29 is 9.53 Å². The zero-order valence-electron chi connectivity index (χ0n) is 10.2. The summed E-state index contributed by atoms with van der Waals surface area (Å²) in [5.41, 5.74) is 5.92. The van der Waals surface area contributed by atoms with Crippen molar-refractivity contribution in [3.05, 3.63) is 0 Å². The summed E-state index contributed by atoms with van der Waals surface area (Å²) in [5, 5.41) is 0. The standard InChI is InChI=1S/C13H23NO2/c1-9-4-2-3-5-12(9)16-13(15)8-11(14)10-6-7-10/h9-12H,2-8,14H2,1H3. The smallest absolute Gasteiger partial charge is 0.307 e. The maximum Gasteiger partial charge on any atom is 0.307 e. The molecule has 2 saturated carbocycles. The number of esters is 1. The van der Waals surface area contributed by atoms with Crippen LogP contribution in [0.15, 0.2) is 0 Å². The first kappa shape index (κ1) is 11.9. The average Bonchev–Trinajstić information content (AvgIpc) is 3.04. The number of hydrogen-bond donors (Lipinski definition) is 1. The topological polar surface area (TPSA) is 52.3 Å². The normalized spacial score (nSPS) is 32.1. The van der Waals surface area contributed by atoms with Gasteiger partial charge in [0.2, 0.25) is 0 Å². The van der Waals surface area contributed by atoms with Crippen molar-refractivity contribution in [2.75, 3.05) is 0 Å². The Labute approximate surface area is 97.7 Å². The lowest BCUT2D eigenvalue weighted by molar-refractivity contribution is -0.153. The molecule has 3 unspecified atom stereocenters. The Kier molecular flexibility index (Phi) is 3.85. The van der Waals surface area contributed by atoms with Gasteiger partial charge in [-0.3, -0.25) is 4.79 Å². The van der Waals surface area contributed by atoms with Crippen LogP contribution in [0.1, 0.15) is 51.9 Å². The van der Waals surface area contributed by atoms with Crippen LogP contribution in [0, 0.1) is 11.8 Å². The molecule has 3 heteroatoms. The van der Waals surface area contributed by atoms with Crippen molar-refractivity contribution in [1.29, 1.82) is 0 Å². The minimum Gasteiger partial charge on any atom is -0.462 e. The van der Waals surface area contributed by atoms with Crippen LogP contribution >= 0.6 is 0 Å². The Hall–Kier alpha value is -0.570. The summed E-state index contributed by atoms with van der Waals surface area (Å²) in [6.07, 6.45) is 7.62. The molecule has 92 valence electrons. The van der Waals surface area contributed by atoms with Crippen LogP contribution < -0.4 is 5.73 Å². The van der Waals surface area contributed by atoms with E-state index in [4.69, 9.17) is 10.5 Å². The van der Waals surface area contributed by atoms with Crippen molar-refractivity contribution in [2.45, 2.75) is 64.0 Å². The Balaban J connectivity index is 1.72. The Morgan fingerprint density at radius 1 is 1.31 bits per heavy atom. The summed E-state index contributed by atoms with van der Waals surface area (Å²) in [5.74, 6) is 1.02. The fourth-order valence-electron chi connectivity index (χ4n) is 2.56. The van der Waals surface area contributed by atoms with Gasteiger partial charge in [0.15, 0.2) is 0 Å². The number of rotatable bonds is 4. The van der Waals surface area contributed by atoms with E-state index in [1.165, 1.54) is 32.1 Å². The minimum absolute atomic E-state index is 0.0337. The van der Waals surface area contributed by atoms with E-state index in [-0.39, 0.29) is 18.1 Å². The molecule has 2 fully saturated rings. The van der Waals surface area contributed by atoms with Gasteiger partial charge in [-0.15, -0.1) is 0 Å². The third-order valence-electron chi connectivity index (χ3n) is 3.95. The summed E-state index contributed by atoms with van der Waals surface area (Å²) < 4.78 is 5.53. The highest BCUT2D eigenvalue weighted by molar-refractivity contribution is 5.70. The van der Waals surface area contributed by atoms with Crippen molar-refractivity contribution in [1.82, 2.24) is 0 Å².